The number of nitrogens with zero attached hydrogens (tertiary/aromatic N) is 1. The van der Waals surface area contributed by atoms with E-state index in [4.69, 9.17) is 15.1 Å². The maximum Gasteiger partial charge on any atom is 0.311 e. The molecule has 0 aliphatic heterocycles. The molecule has 0 aromatic heterocycles. The fraction of sp³-hybridized carbons (Fsp3) is 0.125. The minimum absolute atomic E-state index is 0.203. The summed E-state index contributed by atoms with van der Waals surface area (Å²) in [7, 11) is 0. The van der Waals surface area contributed by atoms with Gasteiger partial charge in [-0.15, -0.1) is 0 Å². The average molecular weight is 267 g/mol. The van der Waals surface area contributed by atoms with E-state index < -0.39 is 0 Å². The standard InChI is InChI=1S/C16H13NO3/c17-11-13-3-8-15(9-4-13)20-16(19)10-5-12-1-6-14(18)7-2-12/h1-4,6-9,18H,5,10H2. The van der Waals surface area contributed by atoms with E-state index in [1.54, 1.807) is 48.5 Å². The highest BCUT2D eigenvalue weighted by atomic mass is 16.5. The van der Waals surface area contributed by atoms with Crippen LogP contribution in [0.15, 0.2) is 48.5 Å². The Balaban J connectivity index is 1.86. The van der Waals surface area contributed by atoms with E-state index in [0.717, 1.165) is 5.56 Å². The van der Waals surface area contributed by atoms with Crippen molar-refractivity contribution >= 4 is 5.97 Å². The lowest BCUT2D eigenvalue weighted by molar-refractivity contribution is -0.134. The summed E-state index contributed by atoms with van der Waals surface area (Å²) in [6, 6.07) is 15.1. The minimum atomic E-state index is -0.331. The average Bonchev–Trinajstić information content (AvgIpc) is 2.47. The summed E-state index contributed by atoms with van der Waals surface area (Å²) in [5, 5.41) is 17.8. The van der Waals surface area contributed by atoms with Crippen LogP contribution in [0.5, 0.6) is 11.5 Å². The van der Waals surface area contributed by atoms with Crippen molar-refractivity contribution in [2.75, 3.05) is 0 Å². The SMILES string of the molecule is N#Cc1ccc(OC(=O)CCc2ccc(O)cc2)cc1. The summed E-state index contributed by atoms with van der Waals surface area (Å²) < 4.78 is 5.16. The Morgan fingerprint density at radius 3 is 2.35 bits per heavy atom. The largest absolute Gasteiger partial charge is 0.508 e. The van der Waals surface area contributed by atoms with Gasteiger partial charge in [-0.1, -0.05) is 12.1 Å². The van der Waals surface area contributed by atoms with E-state index in [-0.39, 0.29) is 18.1 Å². The fourth-order valence-corrected chi connectivity index (χ4v) is 1.69. The zero-order valence-electron chi connectivity index (χ0n) is 10.7. The van der Waals surface area contributed by atoms with E-state index in [9.17, 15) is 4.79 Å². The van der Waals surface area contributed by atoms with E-state index in [0.29, 0.717) is 17.7 Å². The Kier molecular flexibility index (Phi) is 4.35. The van der Waals surface area contributed by atoms with Gasteiger partial charge in [-0.2, -0.15) is 5.26 Å². The minimum Gasteiger partial charge on any atom is -0.508 e. The quantitative estimate of drug-likeness (QED) is 0.683. The molecule has 1 N–H and O–H groups in total. The van der Waals surface area contributed by atoms with Crippen LogP contribution in [0.2, 0.25) is 0 Å². The summed E-state index contributed by atoms with van der Waals surface area (Å²) in [6.07, 6.45) is 0.806. The monoisotopic (exact) mass is 267 g/mol. The highest BCUT2D eigenvalue weighted by Gasteiger charge is 2.05. The van der Waals surface area contributed by atoms with Crippen molar-refractivity contribution in [2.45, 2.75) is 12.8 Å². The van der Waals surface area contributed by atoms with Gasteiger partial charge in [0.1, 0.15) is 11.5 Å². The smallest absolute Gasteiger partial charge is 0.311 e. The number of carbonyl (C=O) groups is 1. The summed E-state index contributed by atoms with van der Waals surface area (Å²) in [5.74, 6) is 0.302. The first kappa shape index (κ1) is 13.6. The molecule has 0 spiro atoms. The third kappa shape index (κ3) is 3.85. The number of hydrogen-bond donors (Lipinski definition) is 1. The number of carbonyl (C=O) groups excluding carboxylic acids is 1. The molecular weight excluding hydrogens is 254 g/mol. The van der Waals surface area contributed by atoms with Crippen molar-refractivity contribution < 1.29 is 14.6 Å². The Labute approximate surface area is 116 Å². The molecule has 2 aromatic rings. The molecule has 0 amide bonds. The van der Waals surface area contributed by atoms with Gasteiger partial charge in [0, 0.05) is 6.42 Å². The van der Waals surface area contributed by atoms with Crippen molar-refractivity contribution in [1.29, 1.82) is 5.26 Å². The normalized spacial score (nSPS) is 9.75. The van der Waals surface area contributed by atoms with Gasteiger partial charge in [0.05, 0.1) is 11.6 Å². The first-order valence-corrected chi connectivity index (χ1v) is 6.16. The number of rotatable bonds is 4. The van der Waals surface area contributed by atoms with Crippen LogP contribution < -0.4 is 4.74 Å². The van der Waals surface area contributed by atoms with Gasteiger partial charge in [0.2, 0.25) is 0 Å². The van der Waals surface area contributed by atoms with E-state index >= 15 is 0 Å². The van der Waals surface area contributed by atoms with Crippen LogP contribution in [-0.2, 0) is 11.2 Å². The number of hydrogen-bond acceptors (Lipinski definition) is 4. The number of aromatic hydroxyl groups is 1. The maximum absolute atomic E-state index is 11.7. The molecule has 4 nitrogen and oxygen atoms in total. The van der Waals surface area contributed by atoms with Gasteiger partial charge >= 0.3 is 5.97 Å². The fourth-order valence-electron chi connectivity index (χ4n) is 1.69. The maximum atomic E-state index is 11.7. The lowest BCUT2D eigenvalue weighted by Gasteiger charge is -2.04. The lowest BCUT2D eigenvalue weighted by Crippen LogP contribution is -2.08. The van der Waals surface area contributed by atoms with Crippen molar-refractivity contribution in [3.05, 3.63) is 59.7 Å². The molecule has 0 saturated carbocycles. The number of ether oxygens (including phenoxy) is 1. The van der Waals surface area contributed by atoms with Crippen LogP contribution in [0.1, 0.15) is 17.5 Å². The Bertz CT molecular complexity index is 624. The molecule has 0 aliphatic rings. The van der Waals surface area contributed by atoms with Crippen molar-refractivity contribution in [2.24, 2.45) is 0 Å². The summed E-state index contributed by atoms with van der Waals surface area (Å²) in [5.41, 5.74) is 1.48. The highest BCUT2D eigenvalue weighted by Crippen LogP contribution is 2.14. The van der Waals surface area contributed by atoms with Crippen LogP contribution in [0.4, 0.5) is 0 Å². The number of phenols is 1. The second-order valence-electron chi connectivity index (χ2n) is 4.28. The topological polar surface area (TPSA) is 70.3 Å². The third-order valence-electron chi connectivity index (χ3n) is 2.77. The van der Waals surface area contributed by atoms with E-state index in [2.05, 4.69) is 0 Å². The van der Waals surface area contributed by atoms with Gasteiger partial charge in [-0.3, -0.25) is 4.79 Å². The molecule has 0 heterocycles. The zero-order chi connectivity index (χ0) is 14.4. The number of nitriles is 1. The first-order valence-electron chi connectivity index (χ1n) is 6.16. The summed E-state index contributed by atoms with van der Waals surface area (Å²) >= 11 is 0. The number of aryl methyl sites for hydroxylation is 1. The first-order chi connectivity index (χ1) is 9.67. The molecule has 0 radical (unpaired) electrons. The van der Waals surface area contributed by atoms with Crippen LogP contribution in [-0.4, -0.2) is 11.1 Å². The van der Waals surface area contributed by atoms with Crippen LogP contribution >= 0.6 is 0 Å². The van der Waals surface area contributed by atoms with Gasteiger partial charge in [0.15, 0.2) is 0 Å². The van der Waals surface area contributed by atoms with E-state index in [1.807, 2.05) is 6.07 Å². The molecule has 0 bridgehead atoms. The van der Waals surface area contributed by atoms with Gasteiger partial charge in [-0.25, -0.2) is 0 Å². The molecule has 100 valence electrons. The van der Waals surface area contributed by atoms with Crippen LogP contribution in [0, 0.1) is 11.3 Å². The van der Waals surface area contributed by atoms with Crippen molar-refractivity contribution in [3.63, 3.8) is 0 Å². The Morgan fingerprint density at radius 2 is 1.75 bits per heavy atom. The van der Waals surface area contributed by atoms with E-state index in [1.165, 1.54) is 0 Å². The van der Waals surface area contributed by atoms with Gasteiger partial charge < -0.3 is 9.84 Å². The summed E-state index contributed by atoms with van der Waals surface area (Å²) in [6.45, 7) is 0. The number of benzene rings is 2. The molecule has 0 fully saturated rings. The molecule has 4 heteroatoms. The van der Waals surface area contributed by atoms with Gasteiger partial charge in [-0.05, 0) is 48.4 Å². The molecule has 0 unspecified atom stereocenters. The highest BCUT2D eigenvalue weighted by molar-refractivity contribution is 5.72. The number of esters is 1. The van der Waals surface area contributed by atoms with Crippen molar-refractivity contribution in [1.82, 2.24) is 0 Å². The lowest BCUT2D eigenvalue weighted by atomic mass is 10.1. The molecule has 0 atom stereocenters. The second-order valence-corrected chi connectivity index (χ2v) is 4.28. The summed E-state index contributed by atoms with van der Waals surface area (Å²) in [4.78, 5) is 11.7. The molecule has 2 aromatic carbocycles. The van der Waals surface area contributed by atoms with Crippen LogP contribution in [0.25, 0.3) is 0 Å². The third-order valence-corrected chi connectivity index (χ3v) is 2.77. The Hall–Kier alpha value is -2.80. The number of phenolic OH excluding ortho intramolecular Hbond substituents is 1. The second kappa shape index (κ2) is 6.39. The zero-order valence-corrected chi connectivity index (χ0v) is 10.7. The predicted octanol–water partition coefficient (Wildman–Crippen LogP) is 2.80. The Morgan fingerprint density at radius 1 is 1.10 bits per heavy atom. The molecule has 2 rings (SSSR count). The molecule has 0 saturated heterocycles. The van der Waals surface area contributed by atoms with Crippen molar-refractivity contribution in [3.8, 4) is 17.6 Å². The predicted molar refractivity (Wildman–Crippen MR) is 73.2 cm³/mol. The van der Waals surface area contributed by atoms with Gasteiger partial charge in [0.25, 0.3) is 0 Å². The van der Waals surface area contributed by atoms with Crippen LogP contribution in [0.3, 0.4) is 0 Å². The molecule has 20 heavy (non-hydrogen) atoms. The molecular formula is C16H13NO3. The molecule has 0 aliphatic carbocycles.